The minimum absolute atomic E-state index is 0.0610. The van der Waals surface area contributed by atoms with Crippen LogP contribution >= 0.6 is 0 Å². The van der Waals surface area contributed by atoms with Gasteiger partial charge in [0.25, 0.3) is 0 Å². The number of carbonyl (C=O) groups is 1. The van der Waals surface area contributed by atoms with E-state index in [0.29, 0.717) is 12.8 Å². The largest absolute Gasteiger partial charge is 0.383 e. The number of carbonyl (C=O) groups excluding carboxylic acids is 1. The summed E-state index contributed by atoms with van der Waals surface area (Å²) < 4.78 is 0. The molecule has 4 rings (SSSR count). The van der Waals surface area contributed by atoms with E-state index in [1.165, 1.54) is 5.56 Å². The van der Waals surface area contributed by atoms with Gasteiger partial charge < -0.3 is 10.4 Å². The minimum atomic E-state index is -0.953. The first kappa shape index (κ1) is 15.9. The lowest BCUT2D eigenvalue weighted by Gasteiger charge is -2.24. The van der Waals surface area contributed by atoms with Gasteiger partial charge >= 0.3 is 0 Å². The fourth-order valence-corrected chi connectivity index (χ4v) is 3.78. The Balaban J connectivity index is 1.46. The van der Waals surface area contributed by atoms with E-state index in [0.717, 1.165) is 28.3 Å². The average molecular weight is 331 g/mol. The van der Waals surface area contributed by atoms with Crippen molar-refractivity contribution in [1.82, 2.24) is 5.32 Å². The van der Waals surface area contributed by atoms with Gasteiger partial charge in [0.05, 0.1) is 13.0 Å². The summed E-state index contributed by atoms with van der Waals surface area (Å²) in [5.74, 6) is -0.0610. The van der Waals surface area contributed by atoms with Crippen LogP contribution in [0.4, 0.5) is 0 Å². The summed E-state index contributed by atoms with van der Waals surface area (Å²) in [5, 5.41) is 16.1. The van der Waals surface area contributed by atoms with E-state index in [2.05, 4.69) is 17.4 Å². The zero-order valence-electron chi connectivity index (χ0n) is 14.0. The van der Waals surface area contributed by atoms with Gasteiger partial charge in [-0.1, -0.05) is 66.7 Å². The van der Waals surface area contributed by atoms with Crippen LogP contribution in [0.25, 0.3) is 10.8 Å². The van der Waals surface area contributed by atoms with Gasteiger partial charge in [-0.15, -0.1) is 0 Å². The van der Waals surface area contributed by atoms with Crippen molar-refractivity contribution < 1.29 is 9.90 Å². The Morgan fingerprint density at radius 2 is 1.76 bits per heavy atom. The molecule has 0 saturated heterocycles. The van der Waals surface area contributed by atoms with E-state index < -0.39 is 5.60 Å². The summed E-state index contributed by atoms with van der Waals surface area (Å²) in [5.41, 5.74) is 2.17. The van der Waals surface area contributed by atoms with Gasteiger partial charge in [-0.3, -0.25) is 4.79 Å². The minimum Gasteiger partial charge on any atom is -0.383 e. The van der Waals surface area contributed by atoms with Crippen molar-refractivity contribution in [3.8, 4) is 0 Å². The smallest absolute Gasteiger partial charge is 0.224 e. The number of hydrogen-bond acceptors (Lipinski definition) is 2. The van der Waals surface area contributed by atoms with Crippen LogP contribution in [0.3, 0.4) is 0 Å². The molecule has 1 atom stereocenters. The maximum atomic E-state index is 12.4. The van der Waals surface area contributed by atoms with Crippen LogP contribution in [-0.4, -0.2) is 17.6 Å². The molecule has 3 nitrogen and oxygen atoms in total. The van der Waals surface area contributed by atoms with Gasteiger partial charge in [-0.25, -0.2) is 0 Å². The molecule has 126 valence electrons. The zero-order valence-corrected chi connectivity index (χ0v) is 14.0. The molecular formula is C22H21NO2. The first-order valence-corrected chi connectivity index (χ1v) is 8.70. The fraction of sp³-hybridized carbons (Fsp3) is 0.227. The van der Waals surface area contributed by atoms with Crippen LogP contribution in [0.5, 0.6) is 0 Å². The number of fused-ring (bicyclic) bond motifs is 2. The Labute approximate surface area is 147 Å². The van der Waals surface area contributed by atoms with Crippen LogP contribution in [0, 0.1) is 0 Å². The van der Waals surface area contributed by atoms with E-state index in [4.69, 9.17) is 0 Å². The van der Waals surface area contributed by atoms with Crippen LogP contribution in [-0.2, 0) is 23.2 Å². The van der Waals surface area contributed by atoms with Gasteiger partial charge in [0, 0.05) is 0 Å². The van der Waals surface area contributed by atoms with Crippen LogP contribution in [0.2, 0.25) is 0 Å². The number of rotatable bonds is 4. The summed E-state index contributed by atoms with van der Waals surface area (Å²) in [4.78, 5) is 12.4. The van der Waals surface area contributed by atoms with E-state index in [9.17, 15) is 9.90 Å². The summed E-state index contributed by atoms with van der Waals surface area (Å²) in [7, 11) is 0. The Morgan fingerprint density at radius 1 is 1.00 bits per heavy atom. The highest BCUT2D eigenvalue weighted by molar-refractivity contribution is 5.90. The molecule has 2 N–H and O–H groups in total. The molecule has 1 aliphatic rings. The Bertz CT molecular complexity index is 929. The van der Waals surface area contributed by atoms with E-state index in [-0.39, 0.29) is 12.5 Å². The van der Waals surface area contributed by atoms with Crippen LogP contribution < -0.4 is 5.32 Å². The van der Waals surface area contributed by atoms with Crippen molar-refractivity contribution in [2.45, 2.75) is 24.9 Å². The molecule has 0 unspecified atom stereocenters. The third kappa shape index (κ3) is 3.03. The SMILES string of the molecule is O=C(Cc1cccc2ccccc12)NC[C@]1(O)CCc2ccccc21. The number of aliphatic hydroxyl groups is 1. The van der Waals surface area contributed by atoms with Crippen molar-refractivity contribution in [2.75, 3.05) is 6.54 Å². The second kappa shape index (κ2) is 6.34. The van der Waals surface area contributed by atoms with Gasteiger partial charge in [-0.2, -0.15) is 0 Å². The van der Waals surface area contributed by atoms with E-state index >= 15 is 0 Å². The molecule has 25 heavy (non-hydrogen) atoms. The molecule has 1 aliphatic carbocycles. The first-order chi connectivity index (χ1) is 12.2. The predicted molar refractivity (Wildman–Crippen MR) is 99.3 cm³/mol. The molecule has 0 bridgehead atoms. The molecule has 0 aromatic heterocycles. The lowest BCUT2D eigenvalue weighted by molar-refractivity contribution is -0.121. The summed E-state index contributed by atoms with van der Waals surface area (Å²) in [6, 6.07) is 22.0. The second-order valence-corrected chi connectivity index (χ2v) is 6.78. The van der Waals surface area contributed by atoms with Crippen molar-refractivity contribution in [2.24, 2.45) is 0 Å². The molecule has 0 fully saturated rings. The standard InChI is InChI=1S/C22H21NO2/c24-21(14-18-9-5-8-16-6-1-3-10-19(16)18)23-15-22(25)13-12-17-7-2-4-11-20(17)22/h1-11,25H,12-15H2,(H,23,24)/t22-/m1/s1. The molecule has 3 aromatic rings. The summed E-state index contributed by atoms with van der Waals surface area (Å²) in [6.07, 6.45) is 1.83. The van der Waals surface area contributed by atoms with E-state index in [1.807, 2.05) is 54.6 Å². The highest BCUT2D eigenvalue weighted by Crippen LogP contribution is 2.36. The Kier molecular flexibility index (Phi) is 4.02. The first-order valence-electron chi connectivity index (χ1n) is 8.70. The molecule has 3 aromatic carbocycles. The fourth-order valence-electron chi connectivity index (χ4n) is 3.78. The quantitative estimate of drug-likeness (QED) is 0.770. The highest BCUT2D eigenvalue weighted by Gasteiger charge is 2.36. The number of nitrogens with one attached hydrogen (secondary N) is 1. The molecule has 3 heteroatoms. The Morgan fingerprint density at radius 3 is 2.68 bits per heavy atom. The summed E-state index contributed by atoms with van der Waals surface area (Å²) >= 11 is 0. The topological polar surface area (TPSA) is 49.3 Å². The molecule has 0 heterocycles. The van der Waals surface area contributed by atoms with Crippen molar-refractivity contribution in [3.63, 3.8) is 0 Å². The number of amides is 1. The maximum Gasteiger partial charge on any atom is 0.224 e. The molecule has 0 radical (unpaired) electrons. The predicted octanol–water partition coefficient (Wildman–Crippen LogP) is 3.33. The number of aryl methyl sites for hydroxylation is 1. The monoisotopic (exact) mass is 331 g/mol. The van der Waals surface area contributed by atoms with E-state index in [1.54, 1.807) is 0 Å². The Hall–Kier alpha value is -2.65. The van der Waals surface area contributed by atoms with Crippen molar-refractivity contribution in [1.29, 1.82) is 0 Å². The lowest BCUT2D eigenvalue weighted by Crippen LogP contribution is -2.39. The van der Waals surface area contributed by atoms with Crippen LogP contribution in [0.15, 0.2) is 66.7 Å². The van der Waals surface area contributed by atoms with Crippen LogP contribution in [0.1, 0.15) is 23.1 Å². The molecule has 0 saturated carbocycles. The molecular weight excluding hydrogens is 310 g/mol. The maximum absolute atomic E-state index is 12.4. The van der Waals surface area contributed by atoms with Gasteiger partial charge in [0.1, 0.15) is 5.60 Å². The third-order valence-corrected chi connectivity index (χ3v) is 5.14. The lowest BCUT2D eigenvalue weighted by atomic mass is 9.95. The third-order valence-electron chi connectivity index (χ3n) is 5.14. The zero-order chi connectivity index (χ0) is 17.3. The molecule has 0 spiro atoms. The highest BCUT2D eigenvalue weighted by atomic mass is 16.3. The number of benzene rings is 3. The number of hydrogen-bond donors (Lipinski definition) is 2. The van der Waals surface area contributed by atoms with Crippen molar-refractivity contribution >= 4 is 16.7 Å². The molecule has 0 aliphatic heterocycles. The second-order valence-electron chi connectivity index (χ2n) is 6.78. The normalized spacial score (nSPS) is 18.9. The molecule has 1 amide bonds. The average Bonchev–Trinajstić information content (AvgIpc) is 2.98. The summed E-state index contributed by atoms with van der Waals surface area (Å²) in [6.45, 7) is 0.258. The van der Waals surface area contributed by atoms with Gasteiger partial charge in [-0.05, 0) is 40.3 Å². The van der Waals surface area contributed by atoms with Gasteiger partial charge in [0.2, 0.25) is 5.91 Å². The van der Waals surface area contributed by atoms with Crippen molar-refractivity contribution in [3.05, 3.63) is 83.4 Å². The van der Waals surface area contributed by atoms with Gasteiger partial charge in [0.15, 0.2) is 0 Å².